The highest BCUT2D eigenvalue weighted by Gasteiger charge is 2.19. The van der Waals surface area contributed by atoms with Gasteiger partial charge in [-0.2, -0.15) is 0 Å². The van der Waals surface area contributed by atoms with E-state index in [4.69, 9.17) is 0 Å². The van der Waals surface area contributed by atoms with E-state index in [1.165, 1.54) is 22.4 Å². The molecule has 0 aliphatic carbocycles. The van der Waals surface area contributed by atoms with E-state index in [2.05, 4.69) is 74.6 Å². The van der Waals surface area contributed by atoms with Crippen molar-refractivity contribution in [2.75, 3.05) is 6.61 Å². The second-order valence-corrected chi connectivity index (χ2v) is 6.48. The van der Waals surface area contributed by atoms with E-state index in [1.807, 2.05) is 0 Å². The van der Waals surface area contributed by atoms with Crippen molar-refractivity contribution in [3.05, 3.63) is 47.5 Å². The molecule has 1 aromatic heterocycles. The SMILES string of the molecule is Cc1cc(C)c(-n2cc[n+](C(CO)CC(C)C)c2)c(C)c1.[Cl-]. The molecule has 22 heavy (non-hydrogen) atoms. The van der Waals surface area contributed by atoms with Crippen molar-refractivity contribution in [2.45, 2.75) is 47.1 Å². The quantitative estimate of drug-likeness (QED) is 0.787. The summed E-state index contributed by atoms with van der Waals surface area (Å²) in [6.45, 7) is 11.0. The van der Waals surface area contributed by atoms with E-state index in [0.717, 1.165) is 6.42 Å². The van der Waals surface area contributed by atoms with Crippen LogP contribution in [-0.4, -0.2) is 16.3 Å². The van der Waals surface area contributed by atoms with Gasteiger partial charge in [-0.1, -0.05) is 31.5 Å². The maximum absolute atomic E-state index is 9.62. The first-order chi connectivity index (χ1) is 9.92. The predicted octanol–water partition coefficient (Wildman–Crippen LogP) is 0.274. The number of rotatable bonds is 5. The van der Waals surface area contributed by atoms with Gasteiger partial charge in [-0.05, 0) is 44.2 Å². The van der Waals surface area contributed by atoms with Crippen molar-refractivity contribution in [3.8, 4) is 5.69 Å². The van der Waals surface area contributed by atoms with Gasteiger partial charge in [0.2, 0.25) is 6.33 Å². The normalized spacial score (nSPS) is 12.3. The van der Waals surface area contributed by atoms with Crippen LogP contribution in [0.3, 0.4) is 0 Å². The monoisotopic (exact) mass is 322 g/mol. The van der Waals surface area contributed by atoms with Crippen molar-refractivity contribution in [1.82, 2.24) is 4.57 Å². The topological polar surface area (TPSA) is 29.0 Å². The molecule has 0 radical (unpaired) electrons. The van der Waals surface area contributed by atoms with E-state index >= 15 is 0 Å². The number of hydrogen-bond acceptors (Lipinski definition) is 1. The smallest absolute Gasteiger partial charge is 0.249 e. The highest BCUT2D eigenvalue weighted by molar-refractivity contribution is 5.48. The molecule has 1 aromatic carbocycles. The Labute approximate surface area is 140 Å². The summed E-state index contributed by atoms with van der Waals surface area (Å²) in [7, 11) is 0. The summed E-state index contributed by atoms with van der Waals surface area (Å²) >= 11 is 0. The van der Waals surface area contributed by atoms with E-state index < -0.39 is 0 Å². The maximum Gasteiger partial charge on any atom is 0.249 e. The molecular weight excluding hydrogens is 296 g/mol. The van der Waals surface area contributed by atoms with Crippen LogP contribution in [0, 0.1) is 26.7 Å². The van der Waals surface area contributed by atoms with Gasteiger partial charge in [0.25, 0.3) is 0 Å². The zero-order valence-electron chi connectivity index (χ0n) is 14.2. The van der Waals surface area contributed by atoms with Crippen LogP contribution < -0.4 is 17.0 Å². The van der Waals surface area contributed by atoms with Crippen LogP contribution in [-0.2, 0) is 0 Å². The first-order valence-electron chi connectivity index (χ1n) is 7.70. The van der Waals surface area contributed by atoms with Crippen LogP contribution in [0.2, 0.25) is 0 Å². The zero-order chi connectivity index (χ0) is 15.6. The van der Waals surface area contributed by atoms with Crippen LogP contribution in [0.25, 0.3) is 5.69 Å². The van der Waals surface area contributed by atoms with Crippen LogP contribution in [0.4, 0.5) is 0 Å². The van der Waals surface area contributed by atoms with E-state index in [0.29, 0.717) is 5.92 Å². The molecule has 1 atom stereocenters. The second-order valence-electron chi connectivity index (χ2n) is 6.48. The van der Waals surface area contributed by atoms with Gasteiger partial charge in [0.1, 0.15) is 24.1 Å². The summed E-state index contributed by atoms with van der Waals surface area (Å²) in [6.07, 6.45) is 7.21. The maximum atomic E-state index is 9.62. The van der Waals surface area contributed by atoms with Gasteiger partial charge in [-0.25, -0.2) is 9.13 Å². The molecule has 122 valence electrons. The third-order valence-corrected chi connectivity index (χ3v) is 3.93. The number of aliphatic hydroxyl groups excluding tert-OH is 1. The van der Waals surface area contributed by atoms with Gasteiger partial charge < -0.3 is 17.5 Å². The highest BCUT2D eigenvalue weighted by atomic mass is 35.5. The average molecular weight is 323 g/mol. The number of aryl methyl sites for hydroxylation is 3. The summed E-state index contributed by atoms with van der Waals surface area (Å²) in [4.78, 5) is 0. The average Bonchev–Trinajstić information content (AvgIpc) is 2.83. The minimum atomic E-state index is 0. The van der Waals surface area contributed by atoms with Crippen LogP contribution >= 0.6 is 0 Å². The molecule has 3 nitrogen and oxygen atoms in total. The number of aromatic nitrogens is 2. The van der Waals surface area contributed by atoms with Crippen molar-refractivity contribution < 1.29 is 22.1 Å². The molecule has 0 saturated heterocycles. The van der Waals surface area contributed by atoms with Crippen LogP contribution in [0.15, 0.2) is 30.9 Å². The lowest BCUT2D eigenvalue weighted by Crippen LogP contribution is -3.00. The fraction of sp³-hybridized carbons (Fsp3) is 0.500. The summed E-state index contributed by atoms with van der Waals surface area (Å²) in [6, 6.07) is 4.58. The second kappa shape index (κ2) is 7.80. The number of hydrogen-bond donors (Lipinski definition) is 1. The van der Waals surface area contributed by atoms with Gasteiger partial charge >= 0.3 is 0 Å². The van der Waals surface area contributed by atoms with Crippen molar-refractivity contribution >= 4 is 0 Å². The number of nitrogens with zero attached hydrogens (tertiary/aromatic N) is 2. The van der Waals surface area contributed by atoms with Gasteiger partial charge in [-0.15, -0.1) is 0 Å². The molecular formula is C18H27ClN2O. The third-order valence-electron chi connectivity index (χ3n) is 3.93. The Morgan fingerprint density at radius 2 is 1.73 bits per heavy atom. The summed E-state index contributed by atoms with van der Waals surface area (Å²) in [5.74, 6) is 0.570. The molecule has 0 fully saturated rings. The van der Waals surface area contributed by atoms with E-state index in [-0.39, 0.29) is 25.1 Å². The standard InChI is InChI=1S/C18H27N2O.ClH/c1-13(2)8-17(11-21)19-6-7-20(12-19)18-15(4)9-14(3)10-16(18)5;/h6-7,9-10,12-13,17,21H,8,11H2,1-5H3;1H/q+1;/p-1. The van der Waals surface area contributed by atoms with Gasteiger partial charge in [-0.3, -0.25) is 0 Å². The lowest BCUT2D eigenvalue weighted by atomic mass is 10.0. The van der Waals surface area contributed by atoms with Gasteiger partial charge in [0, 0.05) is 0 Å². The van der Waals surface area contributed by atoms with Crippen molar-refractivity contribution in [3.63, 3.8) is 0 Å². The fourth-order valence-electron chi connectivity index (χ4n) is 3.13. The molecule has 1 heterocycles. The number of halogens is 1. The Hall–Kier alpha value is -1.32. The molecule has 1 N–H and O–H groups in total. The molecule has 1 unspecified atom stereocenters. The first-order valence-corrected chi connectivity index (χ1v) is 7.70. The molecule has 2 rings (SSSR count). The minimum Gasteiger partial charge on any atom is -1.00 e. The Bertz CT molecular complexity index is 596. The molecule has 0 aliphatic heterocycles. The number of aliphatic hydroxyl groups is 1. The summed E-state index contributed by atoms with van der Waals surface area (Å²) in [5, 5.41) is 9.62. The molecule has 0 aliphatic rings. The minimum absolute atomic E-state index is 0. The van der Waals surface area contributed by atoms with Crippen LogP contribution in [0.5, 0.6) is 0 Å². The summed E-state index contributed by atoms with van der Waals surface area (Å²) < 4.78 is 4.28. The fourth-order valence-corrected chi connectivity index (χ4v) is 3.13. The largest absolute Gasteiger partial charge is 1.00 e. The first kappa shape index (κ1) is 18.7. The number of imidazole rings is 1. The highest BCUT2D eigenvalue weighted by Crippen LogP contribution is 2.21. The van der Waals surface area contributed by atoms with Crippen LogP contribution in [0.1, 0.15) is 43.0 Å². The van der Waals surface area contributed by atoms with E-state index in [1.54, 1.807) is 0 Å². The summed E-state index contributed by atoms with van der Waals surface area (Å²) in [5.41, 5.74) is 5.08. The predicted molar refractivity (Wildman–Crippen MR) is 85.8 cm³/mol. The molecule has 0 spiro atoms. The van der Waals surface area contributed by atoms with Gasteiger partial charge in [0.05, 0.1) is 6.61 Å². The van der Waals surface area contributed by atoms with Crippen molar-refractivity contribution in [1.29, 1.82) is 0 Å². The van der Waals surface area contributed by atoms with E-state index in [9.17, 15) is 5.11 Å². The Kier molecular flexibility index (Phi) is 6.64. The Morgan fingerprint density at radius 3 is 2.23 bits per heavy atom. The Morgan fingerprint density at radius 1 is 1.14 bits per heavy atom. The zero-order valence-corrected chi connectivity index (χ0v) is 14.9. The molecule has 0 amide bonds. The lowest BCUT2D eigenvalue weighted by molar-refractivity contribution is -0.725. The third kappa shape index (κ3) is 4.11. The van der Waals surface area contributed by atoms with Gasteiger partial charge in [0.15, 0.2) is 0 Å². The molecule has 0 saturated carbocycles. The molecule has 2 aromatic rings. The number of benzene rings is 1. The molecule has 4 heteroatoms. The van der Waals surface area contributed by atoms with Crippen molar-refractivity contribution in [2.24, 2.45) is 5.92 Å². The lowest BCUT2D eigenvalue weighted by Gasteiger charge is -2.13. The molecule has 0 bridgehead atoms. The Balaban J connectivity index is 0.00000242.